The van der Waals surface area contributed by atoms with Crippen LogP contribution in [-0.4, -0.2) is 25.8 Å². The maximum Gasteiger partial charge on any atom is 0.339 e. The monoisotopic (exact) mass is 245 g/mol. The summed E-state index contributed by atoms with van der Waals surface area (Å²) in [4.78, 5) is 15.0. The van der Waals surface area contributed by atoms with E-state index in [1.165, 1.54) is 6.20 Å². The number of carbonyl (C=O) groups is 1. The van der Waals surface area contributed by atoms with Gasteiger partial charge in [0.05, 0.1) is 11.4 Å². The van der Waals surface area contributed by atoms with Crippen LogP contribution in [0.2, 0.25) is 0 Å². The largest absolute Gasteiger partial charge is 0.478 e. The molecule has 0 aromatic carbocycles. The molecule has 2 aromatic rings. The van der Waals surface area contributed by atoms with Gasteiger partial charge in [0.25, 0.3) is 0 Å². The Balaban J connectivity index is 2.61. The van der Waals surface area contributed by atoms with Crippen LogP contribution in [0.15, 0.2) is 24.5 Å². The fraction of sp³-hybridized carbons (Fsp3) is 0.308. The third kappa shape index (κ3) is 2.11. The van der Waals surface area contributed by atoms with Crippen LogP contribution in [0.5, 0.6) is 0 Å². The molecule has 0 radical (unpaired) electrons. The van der Waals surface area contributed by atoms with Crippen molar-refractivity contribution in [2.75, 3.05) is 0 Å². The van der Waals surface area contributed by atoms with Crippen molar-refractivity contribution in [1.29, 1.82) is 0 Å². The highest BCUT2D eigenvalue weighted by Gasteiger charge is 2.15. The number of aromatic carboxylic acids is 1. The van der Waals surface area contributed by atoms with E-state index in [-0.39, 0.29) is 5.56 Å². The number of hydrogen-bond acceptors (Lipinski definition) is 3. The Morgan fingerprint density at radius 1 is 1.39 bits per heavy atom. The molecule has 2 heterocycles. The van der Waals surface area contributed by atoms with Crippen LogP contribution >= 0.6 is 0 Å². The van der Waals surface area contributed by atoms with E-state index in [0.29, 0.717) is 5.69 Å². The first-order valence-electron chi connectivity index (χ1n) is 5.92. The van der Waals surface area contributed by atoms with E-state index in [0.717, 1.165) is 24.2 Å². The number of aromatic nitrogens is 3. The highest BCUT2D eigenvalue weighted by Crippen LogP contribution is 2.17. The van der Waals surface area contributed by atoms with E-state index in [9.17, 15) is 9.90 Å². The second kappa shape index (κ2) is 5.00. The maximum atomic E-state index is 11.2. The zero-order valence-corrected chi connectivity index (χ0v) is 10.4. The Morgan fingerprint density at radius 3 is 2.78 bits per heavy atom. The van der Waals surface area contributed by atoms with Crippen LogP contribution in [0, 0.1) is 0 Å². The summed E-state index contributed by atoms with van der Waals surface area (Å²) in [5.41, 5.74) is 2.69. The average Bonchev–Trinajstić information content (AvgIpc) is 2.81. The molecule has 0 aliphatic heterocycles. The van der Waals surface area contributed by atoms with Crippen LogP contribution in [0.25, 0.3) is 5.69 Å². The number of hydrogen-bond donors (Lipinski definition) is 1. The van der Waals surface area contributed by atoms with E-state index in [1.807, 2.05) is 19.9 Å². The maximum absolute atomic E-state index is 11.2. The number of pyridine rings is 1. The molecule has 0 saturated heterocycles. The molecule has 18 heavy (non-hydrogen) atoms. The molecule has 2 aromatic heterocycles. The van der Waals surface area contributed by atoms with Gasteiger partial charge in [0, 0.05) is 18.1 Å². The van der Waals surface area contributed by atoms with E-state index >= 15 is 0 Å². The molecule has 0 saturated carbocycles. The van der Waals surface area contributed by atoms with Gasteiger partial charge in [-0.3, -0.25) is 4.98 Å². The fourth-order valence-electron chi connectivity index (χ4n) is 1.84. The van der Waals surface area contributed by atoms with E-state index in [4.69, 9.17) is 0 Å². The molecule has 0 unspecified atom stereocenters. The Kier molecular flexibility index (Phi) is 3.41. The van der Waals surface area contributed by atoms with Crippen molar-refractivity contribution in [3.05, 3.63) is 41.5 Å². The molecule has 94 valence electrons. The predicted octanol–water partition coefficient (Wildman–Crippen LogP) is 2.09. The van der Waals surface area contributed by atoms with Gasteiger partial charge >= 0.3 is 5.97 Å². The highest BCUT2D eigenvalue weighted by molar-refractivity contribution is 5.91. The second-order valence-corrected chi connectivity index (χ2v) is 3.94. The Labute approximate surface area is 105 Å². The fourth-order valence-corrected chi connectivity index (χ4v) is 1.84. The molecule has 5 nitrogen and oxygen atoms in total. The lowest BCUT2D eigenvalue weighted by atomic mass is 10.2. The molecule has 0 atom stereocenters. The van der Waals surface area contributed by atoms with Gasteiger partial charge in [0.15, 0.2) is 0 Å². The first-order valence-corrected chi connectivity index (χ1v) is 5.92. The SMILES string of the molecule is CCc1cc(CC)n(-c2ccncc2C(=O)O)n1. The number of rotatable bonds is 4. The lowest BCUT2D eigenvalue weighted by Crippen LogP contribution is -2.09. The zero-order valence-electron chi connectivity index (χ0n) is 10.4. The summed E-state index contributed by atoms with van der Waals surface area (Å²) in [5.74, 6) is -0.992. The number of nitrogens with zero attached hydrogens (tertiary/aromatic N) is 3. The standard InChI is InChI=1S/C13H15N3O2/c1-3-9-7-10(4-2)16(15-9)12-5-6-14-8-11(12)13(17)18/h5-8H,3-4H2,1-2H3,(H,17,18). The topological polar surface area (TPSA) is 68.0 Å². The van der Waals surface area contributed by atoms with Crippen molar-refractivity contribution in [1.82, 2.24) is 14.8 Å². The van der Waals surface area contributed by atoms with Crippen molar-refractivity contribution in [2.45, 2.75) is 26.7 Å². The minimum absolute atomic E-state index is 0.165. The first-order chi connectivity index (χ1) is 8.67. The van der Waals surface area contributed by atoms with E-state index in [2.05, 4.69) is 10.1 Å². The first kappa shape index (κ1) is 12.3. The van der Waals surface area contributed by atoms with Gasteiger partial charge in [0.2, 0.25) is 0 Å². The van der Waals surface area contributed by atoms with E-state index < -0.39 is 5.97 Å². The summed E-state index contributed by atoms with van der Waals surface area (Å²) < 4.78 is 1.70. The quantitative estimate of drug-likeness (QED) is 0.895. The smallest absolute Gasteiger partial charge is 0.339 e. The molecule has 1 N–H and O–H groups in total. The average molecular weight is 245 g/mol. The molecule has 0 aliphatic carbocycles. The molecule has 0 spiro atoms. The Morgan fingerprint density at radius 2 is 2.17 bits per heavy atom. The summed E-state index contributed by atoms with van der Waals surface area (Å²) in [7, 11) is 0. The molecule has 0 amide bonds. The number of carboxylic acid groups (broad SMARTS) is 1. The molecule has 2 rings (SSSR count). The molecular weight excluding hydrogens is 230 g/mol. The highest BCUT2D eigenvalue weighted by atomic mass is 16.4. The molecule has 0 fully saturated rings. The number of aryl methyl sites for hydroxylation is 2. The van der Waals surface area contributed by atoms with Gasteiger partial charge in [-0.15, -0.1) is 0 Å². The summed E-state index contributed by atoms with van der Waals surface area (Å²) in [6, 6.07) is 3.68. The summed E-state index contributed by atoms with van der Waals surface area (Å²) in [6.45, 7) is 4.05. The van der Waals surface area contributed by atoms with Gasteiger partial charge in [0.1, 0.15) is 5.56 Å². The van der Waals surface area contributed by atoms with Crippen LogP contribution in [0.4, 0.5) is 0 Å². The van der Waals surface area contributed by atoms with Crippen LogP contribution in [0.1, 0.15) is 35.6 Å². The van der Waals surface area contributed by atoms with Crippen molar-refractivity contribution >= 4 is 5.97 Å². The van der Waals surface area contributed by atoms with Crippen molar-refractivity contribution in [2.24, 2.45) is 0 Å². The normalized spacial score (nSPS) is 10.6. The zero-order chi connectivity index (χ0) is 13.1. The molecular formula is C13H15N3O2. The summed E-state index contributed by atoms with van der Waals surface area (Å²) in [5, 5.41) is 13.6. The minimum Gasteiger partial charge on any atom is -0.478 e. The third-order valence-electron chi connectivity index (χ3n) is 2.81. The number of carboxylic acids is 1. The van der Waals surface area contributed by atoms with E-state index in [1.54, 1.807) is 16.9 Å². The lowest BCUT2D eigenvalue weighted by molar-refractivity contribution is 0.0696. The summed E-state index contributed by atoms with van der Waals surface area (Å²) in [6.07, 6.45) is 4.56. The Bertz CT molecular complexity index is 575. The van der Waals surface area contributed by atoms with Gasteiger partial charge in [-0.1, -0.05) is 13.8 Å². The summed E-state index contributed by atoms with van der Waals surface area (Å²) >= 11 is 0. The van der Waals surface area contributed by atoms with Crippen LogP contribution in [-0.2, 0) is 12.8 Å². The van der Waals surface area contributed by atoms with Gasteiger partial charge < -0.3 is 5.11 Å². The van der Waals surface area contributed by atoms with Crippen molar-refractivity contribution < 1.29 is 9.90 Å². The van der Waals surface area contributed by atoms with Crippen LogP contribution in [0.3, 0.4) is 0 Å². The third-order valence-corrected chi connectivity index (χ3v) is 2.81. The van der Waals surface area contributed by atoms with Crippen molar-refractivity contribution in [3.8, 4) is 5.69 Å². The van der Waals surface area contributed by atoms with Gasteiger partial charge in [-0.25, -0.2) is 9.48 Å². The predicted molar refractivity (Wildman–Crippen MR) is 67.1 cm³/mol. The van der Waals surface area contributed by atoms with Crippen molar-refractivity contribution in [3.63, 3.8) is 0 Å². The van der Waals surface area contributed by atoms with Crippen LogP contribution < -0.4 is 0 Å². The lowest BCUT2D eigenvalue weighted by Gasteiger charge is -2.08. The Hall–Kier alpha value is -2.17. The second-order valence-electron chi connectivity index (χ2n) is 3.94. The molecule has 0 aliphatic rings. The molecule has 0 bridgehead atoms. The minimum atomic E-state index is -0.992. The van der Waals surface area contributed by atoms with Gasteiger partial charge in [-0.05, 0) is 25.0 Å². The van der Waals surface area contributed by atoms with Gasteiger partial charge in [-0.2, -0.15) is 5.10 Å². The molecule has 5 heteroatoms.